The average molecular weight is 764 g/mol. The van der Waals surface area contributed by atoms with Crippen LogP contribution in [0.25, 0.3) is 11.1 Å². The number of ether oxygens (including phenoxy) is 2. The molecule has 0 fully saturated rings. The van der Waals surface area contributed by atoms with Gasteiger partial charge in [0.15, 0.2) is 0 Å². The van der Waals surface area contributed by atoms with Crippen LogP contribution in [0.15, 0.2) is 152 Å². The third-order valence-corrected chi connectivity index (χ3v) is 11.4. The third kappa shape index (κ3) is 11.1. The number of nitrogens with one attached hydrogen (secondary N) is 1. The molecular formula is C52H61NO4. The molecule has 1 aliphatic carbocycles. The Hall–Kier alpha value is -4.97. The van der Waals surface area contributed by atoms with Gasteiger partial charge in [0.2, 0.25) is 0 Å². The molecule has 0 saturated heterocycles. The Balaban J connectivity index is 1.15. The van der Waals surface area contributed by atoms with Gasteiger partial charge in [-0.15, -0.1) is 0 Å². The first kappa shape index (κ1) is 41.7. The summed E-state index contributed by atoms with van der Waals surface area (Å²) < 4.78 is 13.1. The number of unbranched alkanes of at least 4 members (excludes halogenated alkanes) is 11. The van der Waals surface area contributed by atoms with Gasteiger partial charge in [0, 0.05) is 5.92 Å². The summed E-state index contributed by atoms with van der Waals surface area (Å²) in [5.41, 5.74) is 6.47. The highest BCUT2D eigenvalue weighted by Crippen LogP contribution is 2.45. The van der Waals surface area contributed by atoms with E-state index in [4.69, 9.17) is 9.47 Å². The van der Waals surface area contributed by atoms with E-state index >= 15 is 0 Å². The van der Waals surface area contributed by atoms with Crippen molar-refractivity contribution >= 4 is 6.09 Å². The Bertz CT molecular complexity index is 1800. The number of alkyl carbamates (subject to hydrolysis) is 1. The van der Waals surface area contributed by atoms with E-state index in [0.29, 0.717) is 0 Å². The highest BCUT2D eigenvalue weighted by Gasteiger charge is 2.39. The fourth-order valence-corrected chi connectivity index (χ4v) is 8.30. The molecule has 5 heteroatoms. The number of rotatable bonds is 23. The minimum atomic E-state index is -1.01. The second-order valence-corrected chi connectivity index (χ2v) is 15.4. The zero-order valence-electron chi connectivity index (χ0n) is 33.7. The molecule has 5 aromatic rings. The lowest BCUT2D eigenvalue weighted by Crippen LogP contribution is -2.48. The maximum Gasteiger partial charge on any atom is 0.407 e. The fourth-order valence-electron chi connectivity index (χ4n) is 8.30. The second-order valence-electron chi connectivity index (χ2n) is 15.4. The molecule has 1 aliphatic rings. The molecular weight excluding hydrogens is 703 g/mol. The quantitative estimate of drug-likeness (QED) is 0.0395. The summed E-state index contributed by atoms with van der Waals surface area (Å²) in [6.45, 7) is 2.47. The van der Waals surface area contributed by atoms with Crippen molar-refractivity contribution in [1.82, 2.24) is 5.32 Å². The summed E-state index contributed by atoms with van der Waals surface area (Å²) >= 11 is 0. The molecule has 6 rings (SSSR count). The summed E-state index contributed by atoms with van der Waals surface area (Å²) in [6.07, 6.45) is 17.3. The highest BCUT2D eigenvalue weighted by atomic mass is 16.6. The van der Waals surface area contributed by atoms with E-state index in [0.717, 1.165) is 40.7 Å². The van der Waals surface area contributed by atoms with Crippen molar-refractivity contribution in [3.63, 3.8) is 0 Å². The van der Waals surface area contributed by atoms with Gasteiger partial charge in [-0.05, 0) is 51.8 Å². The molecule has 0 aliphatic heterocycles. The zero-order chi connectivity index (χ0) is 39.5. The van der Waals surface area contributed by atoms with Crippen LogP contribution in [0.1, 0.15) is 118 Å². The van der Waals surface area contributed by atoms with Gasteiger partial charge in [0.25, 0.3) is 0 Å². The lowest BCUT2D eigenvalue weighted by molar-refractivity contribution is -0.0167. The number of hydrogen-bond donors (Lipinski definition) is 2. The van der Waals surface area contributed by atoms with Crippen LogP contribution in [0.2, 0.25) is 0 Å². The standard InChI is InChI=1S/C52H61NO4/c1-2-3-4-5-6-7-8-9-10-11-12-13-23-38-50(54)49(53-51(55)56-39-48-46-36-26-24-34-44(46)45-35-25-27-37-47(45)48)40-57-52(41-28-17-14-18-29-41,42-30-19-15-20-31-42)43-32-21-16-22-33-43/h14-38,48-50,54H,2-13,39-40H2,1H3,(H,53,55)/b38-23+/t49-,50?/m1/s1. The Morgan fingerprint density at radius 1 is 0.632 bits per heavy atom. The Labute approximate surface area is 341 Å². The number of fused-ring (bicyclic) bond motifs is 3. The van der Waals surface area contributed by atoms with Crippen molar-refractivity contribution in [1.29, 1.82) is 0 Å². The molecule has 1 amide bonds. The number of benzene rings is 5. The number of aliphatic hydroxyl groups is 1. The highest BCUT2D eigenvalue weighted by molar-refractivity contribution is 5.79. The number of allylic oxidation sites excluding steroid dienone is 1. The van der Waals surface area contributed by atoms with Crippen molar-refractivity contribution < 1.29 is 19.4 Å². The zero-order valence-corrected chi connectivity index (χ0v) is 33.7. The van der Waals surface area contributed by atoms with Crippen molar-refractivity contribution in [2.75, 3.05) is 13.2 Å². The topological polar surface area (TPSA) is 67.8 Å². The van der Waals surface area contributed by atoms with Gasteiger partial charge in [-0.3, -0.25) is 0 Å². The SMILES string of the molecule is CCCCCCCCCCCCC/C=C/C(O)[C@@H](COC(c1ccccc1)(c1ccccc1)c1ccccc1)NC(=O)OCC1c2ccccc2-c2ccccc21. The van der Waals surface area contributed by atoms with Crippen LogP contribution in [0.4, 0.5) is 4.79 Å². The molecule has 0 aromatic heterocycles. The van der Waals surface area contributed by atoms with Crippen LogP contribution in [0, 0.1) is 0 Å². The Morgan fingerprint density at radius 2 is 1.07 bits per heavy atom. The van der Waals surface area contributed by atoms with Gasteiger partial charge >= 0.3 is 6.09 Å². The second kappa shape index (κ2) is 22.1. The average Bonchev–Trinajstić information content (AvgIpc) is 3.58. The molecule has 5 aromatic carbocycles. The van der Waals surface area contributed by atoms with Gasteiger partial charge < -0.3 is 19.9 Å². The number of carbonyl (C=O) groups is 1. The third-order valence-electron chi connectivity index (χ3n) is 11.4. The number of amides is 1. The fraction of sp³-hybridized carbons (Fsp3) is 0.365. The predicted molar refractivity (Wildman–Crippen MR) is 233 cm³/mol. The molecule has 298 valence electrons. The van der Waals surface area contributed by atoms with Crippen molar-refractivity contribution in [3.05, 3.63) is 179 Å². The molecule has 0 radical (unpaired) electrons. The molecule has 0 bridgehead atoms. The van der Waals surface area contributed by atoms with Crippen LogP contribution in [0.5, 0.6) is 0 Å². The van der Waals surface area contributed by atoms with Crippen LogP contribution in [-0.2, 0) is 15.1 Å². The van der Waals surface area contributed by atoms with E-state index in [1.54, 1.807) is 0 Å². The van der Waals surface area contributed by atoms with Crippen molar-refractivity contribution in [3.8, 4) is 11.1 Å². The van der Waals surface area contributed by atoms with Crippen molar-refractivity contribution in [2.45, 2.75) is 108 Å². The van der Waals surface area contributed by atoms with E-state index in [1.165, 1.54) is 75.3 Å². The van der Waals surface area contributed by atoms with E-state index in [-0.39, 0.29) is 19.1 Å². The first-order chi connectivity index (χ1) is 28.1. The molecule has 2 N–H and O–H groups in total. The largest absolute Gasteiger partial charge is 0.449 e. The molecule has 0 heterocycles. The van der Waals surface area contributed by atoms with Crippen LogP contribution in [0.3, 0.4) is 0 Å². The molecule has 0 spiro atoms. The van der Waals surface area contributed by atoms with E-state index in [1.807, 2.05) is 91.0 Å². The van der Waals surface area contributed by atoms with Crippen LogP contribution < -0.4 is 5.32 Å². The molecule has 57 heavy (non-hydrogen) atoms. The van der Waals surface area contributed by atoms with Gasteiger partial charge in [0.1, 0.15) is 12.2 Å². The number of aliphatic hydroxyl groups excluding tert-OH is 1. The number of carbonyl (C=O) groups excluding carboxylic acids is 1. The van der Waals surface area contributed by atoms with Gasteiger partial charge in [0.05, 0.1) is 18.8 Å². The first-order valence-electron chi connectivity index (χ1n) is 21.4. The number of hydrogen-bond acceptors (Lipinski definition) is 4. The molecule has 2 atom stereocenters. The van der Waals surface area contributed by atoms with Gasteiger partial charge in [-0.2, -0.15) is 0 Å². The Morgan fingerprint density at radius 3 is 1.56 bits per heavy atom. The normalized spacial score (nSPS) is 13.6. The smallest absolute Gasteiger partial charge is 0.407 e. The minimum absolute atomic E-state index is 0.0207. The molecule has 0 saturated carbocycles. The van der Waals surface area contributed by atoms with E-state index < -0.39 is 23.8 Å². The molecule has 5 nitrogen and oxygen atoms in total. The summed E-state index contributed by atoms with van der Waals surface area (Å²) in [4.78, 5) is 13.7. The Kier molecular flexibility index (Phi) is 16.1. The minimum Gasteiger partial charge on any atom is -0.449 e. The first-order valence-corrected chi connectivity index (χ1v) is 21.4. The lowest BCUT2D eigenvalue weighted by atomic mass is 9.80. The lowest BCUT2D eigenvalue weighted by Gasteiger charge is -2.37. The van der Waals surface area contributed by atoms with E-state index in [9.17, 15) is 9.90 Å². The van der Waals surface area contributed by atoms with Crippen molar-refractivity contribution in [2.24, 2.45) is 0 Å². The summed E-state index contributed by atoms with van der Waals surface area (Å²) in [5.74, 6) is -0.0737. The summed E-state index contributed by atoms with van der Waals surface area (Å²) in [5, 5.41) is 14.8. The van der Waals surface area contributed by atoms with Gasteiger partial charge in [-0.1, -0.05) is 223 Å². The summed E-state index contributed by atoms with van der Waals surface area (Å²) in [6, 6.07) is 46.3. The van der Waals surface area contributed by atoms with E-state index in [2.05, 4.69) is 72.9 Å². The molecule has 1 unspecified atom stereocenters. The van der Waals surface area contributed by atoms with Crippen LogP contribution in [-0.4, -0.2) is 36.6 Å². The maximum absolute atomic E-state index is 13.7. The predicted octanol–water partition coefficient (Wildman–Crippen LogP) is 12.5. The van der Waals surface area contributed by atoms with Gasteiger partial charge in [-0.25, -0.2) is 4.79 Å². The summed E-state index contributed by atoms with van der Waals surface area (Å²) in [7, 11) is 0. The maximum atomic E-state index is 13.7. The monoisotopic (exact) mass is 763 g/mol. The van der Waals surface area contributed by atoms with Crippen LogP contribution >= 0.6 is 0 Å².